The topological polar surface area (TPSA) is 58.6 Å². The average molecular weight is 433 g/mol. The Bertz CT molecular complexity index is 955. The van der Waals surface area contributed by atoms with Gasteiger partial charge >= 0.3 is 0 Å². The quantitative estimate of drug-likeness (QED) is 0.474. The van der Waals surface area contributed by atoms with Gasteiger partial charge in [0.05, 0.1) is 5.57 Å². The standard InChI is InChI=1S/C22H22Cl2N2O3/c1-3-29-12-4-11-26-21(27)19(15-6-9-16(23)10-7-15)20(22(26)28)25-18-13-17(24)8-5-14(18)2/h5-10,13,25H,3-4,11-12H2,1-2H3. The number of nitrogens with zero attached hydrogens (tertiary/aromatic N) is 1. The number of nitrogens with one attached hydrogen (secondary N) is 1. The largest absolute Gasteiger partial charge is 0.382 e. The van der Waals surface area contributed by atoms with Crippen LogP contribution >= 0.6 is 23.2 Å². The highest BCUT2D eigenvalue weighted by Crippen LogP contribution is 2.32. The number of amides is 2. The maximum absolute atomic E-state index is 13.1. The monoisotopic (exact) mass is 432 g/mol. The second-order valence-corrected chi connectivity index (χ2v) is 7.53. The van der Waals surface area contributed by atoms with Crippen LogP contribution in [0.5, 0.6) is 0 Å². The third-order valence-electron chi connectivity index (χ3n) is 4.63. The molecule has 7 heteroatoms. The molecule has 0 atom stereocenters. The van der Waals surface area contributed by atoms with Crippen LogP contribution in [0.1, 0.15) is 24.5 Å². The van der Waals surface area contributed by atoms with E-state index in [1.54, 1.807) is 36.4 Å². The minimum atomic E-state index is -0.365. The van der Waals surface area contributed by atoms with Crippen molar-refractivity contribution < 1.29 is 14.3 Å². The van der Waals surface area contributed by atoms with Crippen LogP contribution in [0.25, 0.3) is 5.57 Å². The lowest BCUT2D eigenvalue weighted by Crippen LogP contribution is -2.34. The molecular weight excluding hydrogens is 411 g/mol. The third-order valence-corrected chi connectivity index (χ3v) is 5.12. The Hall–Kier alpha value is -2.34. The van der Waals surface area contributed by atoms with Gasteiger partial charge in [-0.3, -0.25) is 14.5 Å². The van der Waals surface area contributed by atoms with Gasteiger partial charge in [0, 0.05) is 35.5 Å². The predicted octanol–water partition coefficient (Wildman–Crippen LogP) is 4.92. The molecular formula is C22H22Cl2N2O3. The van der Waals surface area contributed by atoms with Crippen molar-refractivity contribution in [2.75, 3.05) is 25.1 Å². The summed E-state index contributed by atoms with van der Waals surface area (Å²) in [6.45, 7) is 5.18. The van der Waals surface area contributed by atoms with Crippen molar-refractivity contribution in [3.05, 3.63) is 69.3 Å². The van der Waals surface area contributed by atoms with Crippen molar-refractivity contribution in [3.8, 4) is 0 Å². The van der Waals surface area contributed by atoms with Crippen LogP contribution in [0, 0.1) is 6.92 Å². The average Bonchev–Trinajstić information content (AvgIpc) is 2.93. The van der Waals surface area contributed by atoms with E-state index in [1.807, 2.05) is 19.9 Å². The van der Waals surface area contributed by atoms with E-state index in [9.17, 15) is 9.59 Å². The van der Waals surface area contributed by atoms with E-state index in [-0.39, 0.29) is 24.1 Å². The summed E-state index contributed by atoms with van der Waals surface area (Å²) >= 11 is 12.1. The fraction of sp³-hybridized carbons (Fsp3) is 0.273. The Morgan fingerprint density at radius 3 is 2.38 bits per heavy atom. The van der Waals surface area contributed by atoms with Crippen LogP contribution in [0.15, 0.2) is 48.2 Å². The van der Waals surface area contributed by atoms with Gasteiger partial charge in [-0.2, -0.15) is 0 Å². The van der Waals surface area contributed by atoms with Crippen LogP contribution in [0.3, 0.4) is 0 Å². The van der Waals surface area contributed by atoms with Gasteiger partial charge in [0.25, 0.3) is 11.8 Å². The molecule has 0 radical (unpaired) electrons. The van der Waals surface area contributed by atoms with E-state index in [1.165, 1.54) is 4.90 Å². The number of anilines is 1. The Labute approximate surface area is 180 Å². The second-order valence-electron chi connectivity index (χ2n) is 6.65. The van der Waals surface area contributed by atoms with Crippen molar-refractivity contribution in [2.24, 2.45) is 0 Å². The molecule has 0 saturated heterocycles. The van der Waals surface area contributed by atoms with Gasteiger partial charge in [-0.05, 0) is 55.7 Å². The van der Waals surface area contributed by atoms with Gasteiger partial charge in [0.1, 0.15) is 5.70 Å². The zero-order valence-electron chi connectivity index (χ0n) is 16.3. The van der Waals surface area contributed by atoms with E-state index in [2.05, 4.69) is 5.32 Å². The minimum absolute atomic E-state index is 0.235. The number of carbonyl (C=O) groups is 2. The zero-order chi connectivity index (χ0) is 21.0. The summed E-state index contributed by atoms with van der Waals surface area (Å²) in [4.78, 5) is 27.5. The molecule has 29 heavy (non-hydrogen) atoms. The van der Waals surface area contributed by atoms with Gasteiger partial charge < -0.3 is 10.1 Å². The molecule has 0 spiro atoms. The van der Waals surface area contributed by atoms with Gasteiger partial charge in [-0.1, -0.05) is 41.4 Å². The molecule has 5 nitrogen and oxygen atoms in total. The highest BCUT2D eigenvalue weighted by atomic mass is 35.5. The Morgan fingerprint density at radius 1 is 1.00 bits per heavy atom. The number of halogens is 2. The van der Waals surface area contributed by atoms with Crippen LogP contribution in [-0.4, -0.2) is 36.5 Å². The minimum Gasteiger partial charge on any atom is -0.382 e. The van der Waals surface area contributed by atoms with Gasteiger partial charge in [-0.15, -0.1) is 0 Å². The zero-order valence-corrected chi connectivity index (χ0v) is 17.8. The summed E-state index contributed by atoms with van der Waals surface area (Å²) in [6.07, 6.45) is 0.572. The number of ether oxygens (including phenoxy) is 1. The van der Waals surface area contributed by atoms with E-state index >= 15 is 0 Å². The Kier molecular flexibility index (Phi) is 6.96. The summed E-state index contributed by atoms with van der Waals surface area (Å²) < 4.78 is 5.33. The first-order valence-corrected chi connectivity index (χ1v) is 10.1. The highest BCUT2D eigenvalue weighted by Gasteiger charge is 2.39. The molecule has 1 N–H and O–H groups in total. The Balaban J connectivity index is 1.97. The lowest BCUT2D eigenvalue weighted by Gasteiger charge is -2.15. The summed E-state index contributed by atoms with van der Waals surface area (Å²) in [5.41, 5.74) is 2.77. The highest BCUT2D eigenvalue weighted by molar-refractivity contribution is 6.37. The van der Waals surface area contributed by atoms with Crippen molar-refractivity contribution in [3.63, 3.8) is 0 Å². The maximum Gasteiger partial charge on any atom is 0.278 e. The maximum atomic E-state index is 13.1. The lowest BCUT2D eigenvalue weighted by molar-refractivity contribution is -0.137. The summed E-state index contributed by atoms with van der Waals surface area (Å²) in [5.74, 6) is -0.702. The summed E-state index contributed by atoms with van der Waals surface area (Å²) in [6, 6.07) is 12.2. The Morgan fingerprint density at radius 2 is 1.69 bits per heavy atom. The molecule has 0 aliphatic carbocycles. The molecule has 152 valence electrons. The van der Waals surface area contributed by atoms with Crippen molar-refractivity contribution in [2.45, 2.75) is 20.3 Å². The fourth-order valence-corrected chi connectivity index (χ4v) is 3.41. The van der Waals surface area contributed by atoms with E-state index < -0.39 is 0 Å². The van der Waals surface area contributed by atoms with Crippen LogP contribution in [-0.2, 0) is 14.3 Å². The first-order chi connectivity index (χ1) is 13.9. The van der Waals surface area contributed by atoms with Crippen molar-refractivity contribution in [1.29, 1.82) is 0 Å². The van der Waals surface area contributed by atoms with Crippen molar-refractivity contribution >= 4 is 46.3 Å². The molecule has 1 heterocycles. The van der Waals surface area contributed by atoms with Crippen LogP contribution < -0.4 is 5.32 Å². The molecule has 3 rings (SSSR count). The smallest absolute Gasteiger partial charge is 0.278 e. The number of benzene rings is 2. The van der Waals surface area contributed by atoms with Crippen LogP contribution in [0.4, 0.5) is 5.69 Å². The number of hydrogen-bond donors (Lipinski definition) is 1. The van der Waals surface area contributed by atoms with Gasteiger partial charge in [0.15, 0.2) is 0 Å². The molecule has 0 aromatic heterocycles. The lowest BCUT2D eigenvalue weighted by atomic mass is 10.0. The van der Waals surface area contributed by atoms with E-state index in [4.69, 9.17) is 27.9 Å². The molecule has 1 aliphatic heterocycles. The van der Waals surface area contributed by atoms with Crippen LogP contribution in [0.2, 0.25) is 10.0 Å². The molecule has 1 aliphatic rings. The second kappa shape index (κ2) is 9.44. The number of hydrogen-bond acceptors (Lipinski definition) is 4. The van der Waals surface area contributed by atoms with E-state index in [0.717, 1.165) is 5.56 Å². The third kappa shape index (κ3) is 4.81. The van der Waals surface area contributed by atoms with Crippen molar-refractivity contribution in [1.82, 2.24) is 4.90 Å². The molecule has 2 aromatic rings. The SMILES string of the molecule is CCOCCCN1C(=O)C(Nc2cc(Cl)ccc2C)=C(c2ccc(Cl)cc2)C1=O. The molecule has 0 unspecified atom stereocenters. The molecule has 0 saturated carbocycles. The number of imide groups is 1. The van der Waals surface area contributed by atoms with Gasteiger partial charge in [-0.25, -0.2) is 0 Å². The number of rotatable bonds is 8. The fourth-order valence-electron chi connectivity index (χ4n) is 3.11. The molecule has 0 fully saturated rings. The first kappa shape index (κ1) is 21.4. The van der Waals surface area contributed by atoms with E-state index in [0.29, 0.717) is 46.5 Å². The molecule has 2 aromatic carbocycles. The number of carbonyl (C=O) groups excluding carboxylic acids is 2. The molecule has 0 bridgehead atoms. The first-order valence-electron chi connectivity index (χ1n) is 9.39. The summed E-state index contributed by atoms with van der Waals surface area (Å²) in [7, 11) is 0. The molecule has 2 amide bonds. The number of aryl methyl sites for hydroxylation is 1. The normalized spacial score (nSPS) is 14.1. The van der Waals surface area contributed by atoms with Gasteiger partial charge in [0.2, 0.25) is 0 Å². The predicted molar refractivity (Wildman–Crippen MR) is 116 cm³/mol. The summed E-state index contributed by atoms with van der Waals surface area (Å²) in [5, 5.41) is 4.24.